The lowest BCUT2D eigenvalue weighted by atomic mass is 9.84. The molecule has 5 amide bonds. The third-order valence-corrected chi connectivity index (χ3v) is 9.49. The molecule has 7 N–H and O–H groups in total. The second-order valence-electron chi connectivity index (χ2n) is 13.8. The van der Waals surface area contributed by atoms with Gasteiger partial charge >= 0.3 is 6.09 Å². The van der Waals surface area contributed by atoms with Gasteiger partial charge in [-0.3, -0.25) is 24.0 Å². The molecule has 278 valence electrons. The number of ketones is 1. The van der Waals surface area contributed by atoms with Crippen LogP contribution >= 0.6 is 0 Å². The molecule has 1 saturated heterocycles. The number of halogens is 1. The summed E-state index contributed by atoms with van der Waals surface area (Å²) in [6, 6.07) is 0.654. The van der Waals surface area contributed by atoms with Crippen molar-refractivity contribution in [2.75, 3.05) is 13.1 Å². The highest BCUT2D eigenvalue weighted by Crippen LogP contribution is 2.33. The standard InChI is InChI=1S/C34H47FN8O8/c1-34(2,51)27-18-38-41-43(27)23-17-26(31(47)39-24(28(44)29(36)45)10-6-7-15-37-33(49)50)42(19-23)32(48)25(16-20-8-4-3-5-9-20)40-30(46)21-11-13-22(35)14-12-21/h11-14,18,20,23-26,37,51H,3-10,15-17,19H2,1-2H3,(H2,36,45)(H,39,47)(H,40,46)(H,49,50)/t23-,24?,25?,26-/m0/s1. The lowest BCUT2D eigenvalue weighted by Gasteiger charge is -2.32. The fourth-order valence-electron chi connectivity index (χ4n) is 6.83. The Labute approximate surface area is 294 Å². The van der Waals surface area contributed by atoms with Crippen LogP contribution < -0.4 is 21.7 Å². The van der Waals surface area contributed by atoms with Gasteiger partial charge in [0.15, 0.2) is 0 Å². The minimum atomic E-state index is -1.38. The van der Waals surface area contributed by atoms with Crippen LogP contribution in [0, 0.1) is 11.7 Å². The maximum atomic E-state index is 14.6. The maximum Gasteiger partial charge on any atom is 0.404 e. The number of amides is 5. The van der Waals surface area contributed by atoms with Crippen LogP contribution in [0.15, 0.2) is 30.5 Å². The molecule has 17 heteroatoms. The third-order valence-electron chi connectivity index (χ3n) is 9.49. The highest BCUT2D eigenvalue weighted by Gasteiger charge is 2.45. The fourth-order valence-corrected chi connectivity index (χ4v) is 6.83. The summed E-state index contributed by atoms with van der Waals surface area (Å²) in [7, 11) is 0. The summed E-state index contributed by atoms with van der Waals surface area (Å²) in [6.45, 7) is 3.11. The molecule has 1 aromatic carbocycles. The first-order valence-corrected chi connectivity index (χ1v) is 17.3. The van der Waals surface area contributed by atoms with Crippen molar-refractivity contribution in [3.8, 4) is 0 Å². The average molecular weight is 715 g/mol. The Morgan fingerprint density at radius 1 is 1.02 bits per heavy atom. The molecule has 2 aliphatic rings. The second-order valence-corrected chi connectivity index (χ2v) is 13.8. The lowest BCUT2D eigenvalue weighted by molar-refractivity contribution is -0.142. The number of carbonyl (C=O) groups excluding carboxylic acids is 5. The van der Waals surface area contributed by atoms with E-state index in [1.54, 1.807) is 13.8 Å². The zero-order valence-electron chi connectivity index (χ0n) is 28.8. The summed E-state index contributed by atoms with van der Waals surface area (Å²) in [4.78, 5) is 78.8. The number of aromatic nitrogens is 3. The van der Waals surface area contributed by atoms with E-state index in [1.807, 2.05) is 0 Å². The molecule has 2 unspecified atom stereocenters. The summed E-state index contributed by atoms with van der Waals surface area (Å²) in [5.41, 5.74) is 4.40. The molecule has 0 spiro atoms. The Bertz CT molecular complexity index is 1570. The Morgan fingerprint density at radius 3 is 2.33 bits per heavy atom. The molecule has 0 radical (unpaired) electrons. The van der Waals surface area contributed by atoms with Gasteiger partial charge in [0, 0.05) is 25.1 Å². The SMILES string of the molecule is CC(C)(O)c1cnnn1[C@H]1C[C@@H](C(=O)NC(CCCCNC(=O)O)C(=O)C(N)=O)N(C(=O)C(CC2CCCCC2)NC(=O)c2ccc(F)cc2)C1. The number of hydrogen-bond donors (Lipinski definition) is 6. The van der Waals surface area contributed by atoms with Crippen LogP contribution in [-0.4, -0.2) is 96.8 Å². The highest BCUT2D eigenvalue weighted by molar-refractivity contribution is 6.37. The van der Waals surface area contributed by atoms with Crippen molar-refractivity contribution < 1.29 is 43.4 Å². The van der Waals surface area contributed by atoms with Gasteiger partial charge in [0.1, 0.15) is 23.5 Å². The van der Waals surface area contributed by atoms with Gasteiger partial charge in [0.25, 0.3) is 11.8 Å². The number of primary amides is 1. The van der Waals surface area contributed by atoms with Gasteiger partial charge in [-0.05, 0) is 69.7 Å². The van der Waals surface area contributed by atoms with Gasteiger partial charge in [-0.25, -0.2) is 13.9 Å². The molecule has 2 aromatic rings. The topological polar surface area (TPSA) is 239 Å². The number of likely N-dealkylation sites (tertiary alicyclic amines) is 1. The van der Waals surface area contributed by atoms with Crippen molar-refractivity contribution in [3.05, 3.63) is 47.5 Å². The van der Waals surface area contributed by atoms with E-state index in [1.165, 1.54) is 27.9 Å². The van der Waals surface area contributed by atoms with Crippen LogP contribution in [0.25, 0.3) is 0 Å². The predicted molar refractivity (Wildman–Crippen MR) is 179 cm³/mol. The smallest absolute Gasteiger partial charge is 0.404 e. The molecular weight excluding hydrogens is 667 g/mol. The van der Waals surface area contributed by atoms with Crippen LogP contribution in [-0.2, 0) is 24.8 Å². The number of hydrogen-bond acceptors (Lipinski definition) is 9. The number of unbranched alkanes of at least 4 members (excludes halogenated alkanes) is 1. The number of nitrogens with two attached hydrogens (primary N) is 1. The number of benzene rings is 1. The van der Waals surface area contributed by atoms with E-state index in [0.29, 0.717) is 18.5 Å². The highest BCUT2D eigenvalue weighted by atomic mass is 19.1. The maximum absolute atomic E-state index is 14.6. The number of Topliss-reactive ketones (excluding diaryl/α,β-unsaturated/α-hetero) is 1. The van der Waals surface area contributed by atoms with Gasteiger partial charge in [-0.1, -0.05) is 37.3 Å². The Morgan fingerprint density at radius 2 is 1.71 bits per heavy atom. The van der Waals surface area contributed by atoms with Crippen molar-refractivity contribution in [1.29, 1.82) is 0 Å². The van der Waals surface area contributed by atoms with E-state index in [-0.39, 0.29) is 43.8 Å². The normalized spacial score (nSPS) is 19.2. The van der Waals surface area contributed by atoms with E-state index in [9.17, 15) is 38.3 Å². The predicted octanol–water partition coefficient (Wildman–Crippen LogP) is 1.53. The molecule has 1 saturated carbocycles. The molecule has 1 aromatic heterocycles. The summed E-state index contributed by atoms with van der Waals surface area (Å²) < 4.78 is 15.1. The van der Waals surface area contributed by atoms with Gasteiger partial charge < -0.3 is 36.8 Å². The number of nitrogens with zero attached hydrogens (tertiary/aromatic N) is 4. The van der Waals surface area contributed by atoms with Gasteiger partial charge in [-0.15, -0.1) is 5.10 Å². The average Bonchev–Trinajstić information content (AvgIpc) is 3.76. The number of rotatable bonds is 16. The number of carboxylic acid groups (broad SMARTS) is 1. The Hall–Kier alpha value is -4.93. The minimum Gasteiger partial charge on any atom is -0.465 e. The van der Waals surface area contributed by atoms with Crippen LogP contribution in [0.5, 0.6) is 0 Å². The fraction of sp³-hybridized carbons (Fsp3) is 0.588. The minimum absolute atomic E-state index is 0.00785. The van der Waals surface area contributed by atoms with Crippen molar-refractivity contribution in [2.24, 2.45) is 11.7 Å². The van der Waals surface area contributed by atoms with E-state index in [2.05, 4.69) is 26.3 Å². The second kappa shape index (κ2) is 17.3. The summed E-state index contributed by atoms with van der Waals surface area (Å²) >= 11 is 0. The molecule has 1 aliphatic heterocycles. The largest absolute Gasteiger partial charge is 0.465 e. The molecule has 1 aliphatic carbocycles. The number of aliphatic hydroxyl groups is 1. The lowest BCUT2D eigenvalue weighted by Crippen LogP contribution is -2.56. The third kappa shape index (κ3) is 10.5. The van der Waals surface area contributed by atoms with E-state index in [4.69, 9.17) is 10.8 Å². The van der Waals surface area contributed by atoms with E-state index >= 15 is 0 Å². The quantitative estimate of drug-likeness (QED) is 0.108. The van der Waals surface area contributed by atoms with Gasteiger partial charge in [-0.2, -0.15) is 0 Å². The molecule has 51 heavy (non-hydrogen) atoms. The van der Waals surface area contributed by atoms with Crippen molar-refractivity contribution in [3.63, 3.8) is 0 Å². The first kappa shape index (κ1) is 38.9. The zero-order chi connectivity index (χ0) is 37.3. The van der Waals surface area contributed by atoms with E-state index in [0.717, 1.165) is 44.2 Å². The van der Waals surface area contributed by atoms with Gasteiger partial charge in [0.2, 0.25) is 17.6 Å². The van der Waals surface area contributed by atoms with Crippen LogP contribution in [0.4, 0.5) is 9.18 Å². The van der Waals surface area contributed by atoms with E-state index < -0.39 is 71.1 Å². The van der Waals surface area contributed by atoms with Crippen molar-refractivity contribution in [2.45, 2.75) is 108 Å². The van der Waals surface area contributed by atoms with Crippen LogP contribution in [0.3, 0.4) is 0 Å². The summed E-state index contributed by atoms with van der Waals surface area (Å²) in [5.74, 6) is -4.62. The number of nitrogens with one attached hydrogen (secondary N) is 3. The molecule has 4 atom stereocenters. The molecule has 16 nitrogen and oxygen atoms in total. The first-order valence-electron chi connectivity index (χ1n) is 17.3. The molecule has 0 bridgehead atoms. The molecule has 2 heterocycles. The molecule has 2 fully saturated rings. The van der Waals surface area contributed by atoms with Crippen LogP contribution in [0.1, 0.15) is 100 Å². The number of carbonyl (C=O) groups is 6. The molecular formula is C34H47FN8O8. The Kier molecular flexibility index (Phi) is 13.2. The van der Waals surface area contributed by atoms with Crippen molar-refractivity contribution in [1.82, 2.24) is 35.8 Å². The molecule has 4 rings (SSSR count). The first-order chi connectivity index (χ1) is 24.1. The monoisotopic (exact) mass is 714 g/mol. The van der Waals surface area contributed by atoms with Gasteiger partial charge in [0.05, 0.1) is 24.0 Å². The summed E-state index contributed by atoms with van der Waals surface area (Å²) in [6.07, 6.45) is 5.72. The van der Waals surface area contributed by atoms with Crippen molar-refractivity contribution >= 4 is 35.5 Å². The summed E-state index contributed by atoms with van der Waals surface area (Å²) in [5, 5.41) is 35.3. The van der Waals surface area contributed by atoms with Crippen LogP contribution in [0.2, 0.25) is 0 Å². The zero-order valence-corrected chi connectivity index (χ0v) is 28.8. The Balaban J connectivity index is 1.64.